The Labute approximate surface area is 120 Å². The van der Waals surface area contributed by atoms with Gasteiger partial charge in [-0.2, -0.15) is 0 Å². The van der Waals surface area contributed by atoms with Crippen LogP contribution in [0.3, 0.4) is 0 Å². The Hall–Kier alpha value is -2.27. The minimum absolute atomic E-state index is 0.201. The molecule has 0 unspecified atom stereocenters. The molecule has 0 spiro atoms. The first-order valence-electron chi connectivity index (χ1n) is 5.78. The van der Waals surface area contributed by atoms with E-state index < -0.39 is 0 Å². The Morgan fingerprint density at radius 3 is 2.60 bits per heavy atom. The number of hydrogen-bond acceptors (Lipinski definition) is 3. The van der Waals surface area contributed by atoms with E-state index in [9.17, 15) is 9.18 Å². The number of benzene rings is 2. The second-order valence-corrected chi connectivity index (χ2v) is 4.46. The molecule has 0 saturated heterocycles. The predicted molar refractivity (Wildman–Crippen MR) is 76.4 cm³/mol. The average Bonchev–Trinajstić information content (AvgIpc) is 2.41. The van der Waals surface area contributed by atoms with E-state index in [2.05, 4.69) is 5.32 Å². The Kier molecular flexibility index (Phi) is 4.42. The fraction of sp³-hybridized carbons (Fsp3) is 0.0714. The van der Waals surface area contributed by atoms with Crippen LogP contribution in [0.15, 0.2) is 42.5 Å². The largest absolute Gasteiger partial charge is 0.484 e. The minimum Gasteiger partial charge on any atom is -0.484 e. The molecule has 0 radical (unpaired) electrons. The van der Waals surface area contributed by atoms with E-state index in [0.717, 1.165) is 0 Å². The summed E-state index contributed by atoms with van der Waals surface area (Å²) in [7, 11) is 0. The lowest BCUT2D eigenvalue weighted by Crippen LogP contribution is -2.20. The maximum absolute atomic E-state index is 12.7. The van der Waals surface area contributed by atoms with Crippen molar-refractivity contribution in [3.63, 3.8) is 0 Å². The summed E-state index contributed by atoms with van der Waals surface area (Å²) in [5.74, 6) is -0.329. The number of nitrogens with two attached hydrogens (primary N) is 1. The van der Waals surface area contributed by atoms with Gasteiger partial charge in [0.15, 0.2) is 6.61 Å². The number of ether oxygens (including phenoxy) is 1. The molecule has 0 atom stereocenters. The van der Waals surface area contributed by atoms with Crippen LogP contribution < -0.4 is 15.8 Å². The summed E-state index contributed by atoms with van der Waals surface area (Å²) >= 11 is 5.76. The molecule has 4 nitrogen and oxygen atoms in total. The molecule has 2 rings (SSSR count). The van der Waals surface area contributed by atoms with Gasteiger partial charge >= 0.3 is 0 Å². The summed E-state index contributed by atoms with van der Waals surface area (Å²) < 4.78 is 17.9. The molecule has 0 aliphatic heterocycles. The third-order valence-corrected chi connectivity index (χ3v) is 2.71. The van der Waals surface area contributed by atoms with Crippen LogP contribution in [0.2, 0.25) is 5.02 Å². The van der Waals surface area contributed by atoms with Gasteiger partial charge in [0.1, 0.15) is 11.6 Å². The second-order valence-electron chi connectivity index (χ2n) is 4.02. The van der Waals surface area contributed by atoms with Crippen molar-refractivity contribution >= 4 is 28.9 Å². The van der Waals surface area contributed by atoms with Crippen molar-refractivity contribution in [1.82, 2.24) is 0 Å². The van der Waals surface area contributed by atoms with Crippen LogP contribution in [0, 0.1) is 5.82 Å². The molecule has 0 heterocycles. The molecule has 0 aliphatic carbocycles. The van der Waals surface area contributed by atoms with Gasteiger partial charge < -0.3 is 15.8 Å². The SMILES string of the molecule is Nc1cc(Cl)ccc1NC(=O)COc1ccc(F)cc1. The molecule has 3 N–H and O–H groups in total. The molecular weight excluding hydrogens is 283 g/mol. The van der Waals surface area contributed by atoms with E-state index in [1.165, 1.54) is 30.3 Å². The molecule has 0 saturated carbocycles. The number of carbonyl (C=O) groups excluding carboxylic acids is 1. The van der Waals surface area contributed by atoms with Gasteiger partial charge in [-0.1, -0.05) is 11.6 Å². The van der Waals surface area contributed by atoms with Gasteiger partial charge in [0, 0.05) is 5.02 Å². The van der Waals surface area contributed by atoms with Gasteiger partial charge in [-0.3, -0.25) is 4.79 Å². The Balaban J connectivity index is 1.90. The van der Waals surface area contributed by atoms with Crippen LogP contribution >= 0.6 is 11.6 Å². The highest BCUT2D eigenvalue weighted by Gasteiger charge is 2.06. The molecule has 0 aliphatic rings. The molecule has 1 amide bonds. The van der Waals surface area contributed by atoms with E-state index in [4.69, 9.17) is 22.1 Å². The van der Waals surface area contributed by atoms with Crippen molar-refractivity contribution in [3.8, 4) is 5.75 Å². The van der Waals surface area contributed by atoms with Crippen molar-refractivity contribution in [2.45, 2.75) is 0 Å². The molecule has 0 aromatic heterocycles. The van der Waals surface area contributed by atoms with Crippen LogP contribution in [0.5, 0.6) is 5.75 Å². The number of rotatable bonds is 4. The van der Waals surface area contributed by atoms with E-state index in [1.54, 1.807) is 12.1 Å². The molecule has 0 bridgehead atoms. The lowest BCUT2D eigenvalue weighted by molar-refractivity contribution is -0.118. The summed E-state index contributed by atoms with van der Waals surface area (Å²) in [5.41, 5.74) is 6.54. The fourth-order valence-electron chi connectivity index (χ4n) is 1.51. The van der Waals surface area contributed by atoms with Gasteiger partial charge in [-0.05, 0) is 42.5 Å². The Bertz CT molecular complexity index is 617. The topological polar surface area (TPSA) is 64.3 Å². The Morgan fingerprint density at radius 1 is 1.25 bits per heavy atom. The number of nitrogens with one attached hydrogen (secondary N) is 1. The van der Waals surface area contributed by atoms with Crippen molar-refractivity contribution in [2.24, 2.45) is 0 Å². The van der Waals surface area contributed by atoms with Gasteiger partial charge in [0.05, 0.1) is 11.4 Å². The van der Waals surface area contributed by atoms with Gasteiger partial charge in [-0.15, -0.1) is 0 Å². The molecular formula is C14H12ClFN2O2. The number of carbonyl (C=O) groups is 1. The number of halogens is 2. The van der Waals surface area contributed by atoms with Crippen LogP contribution in [0.1, 0.15) is 0 Å². The van der Waals surface area contributed by atoms with E-state index in [-0.39, 0.29) is 18.3 Å². The molecule has 2 aromatic carbocycles. The zero-order valence-corrected chi connectivity index (χ0v) is 11.2. The Morgan fingerprint density at radius 2 is 1.95 bits per heavy atom. The number of hydrogen-bond donors (Lipinski definition) is 2. The van der Waals surface area contributed by atoms with E-state index in [1.807, 2.05) is 0 Å². The predicted octanol–water partition coefficient (Wildman–Crippen LogP) is 3.08. The van der Waals surface area contributed by atoms with Gasteiger partial charge in [0.25, 0.3) is 5.91 Å². The summed E-state index contributed by atoms with van der Waals surface area (Å²) in [6.07, 6.45) is 0. The standard InChI is InChI=1S/C14H12ClFN2O2/c15-9-1-6-13(12(17)7-9)18-14(19)8-20-11-4-2-10(16)3-5-11/h1-7H,8,17H2,(H,18,19). The quantitative estimate of drug-likeness (QED) is 0.852. The van der Waals surface area contributed by atoms with Crippen LogP contribution in [0.4, 0.5) is 15.8 Å². The third kappa shape index (κ3) is 3.86. The summed E-state index contributed by atoms with van der Waals surface area (Å²) in [6.45, 7) is -0.201. The van der Waals surface area contributed by atoms with Crippen LogP contribution in [-0.2, 0) is 4.79 Å². The maximum atomic E-state index is 12.7. The second kappa shape index (κ2) is 6.25. The minimum atomic E-state index is -0.372. The van der Waals surface area contributed by atoms with Crippen LogP contribution in [0.25, 0.3) is 0 Å². The van der Waals surface area contributed by atoms with Gasteiger partial charge in [-0.25, -0.2) is 4.39 Å². The highest BCUT2D eigenvalue weighted by atomic mass is 35.5. The highest BCUT2D eigenvalue weighted by Crippen LogP contribution is 2.22. The third-order valence-electron chi connectivity index (χ3n) is 2.47. The lowest BCUT2D eigenvalue weighted by Gasteiger charge is -2.09. The van der Waals surface area contributed by atoms with E-state index >= 15 is 0 Å². The monoisotopic (exact) mass is 294 g/mol. The lowest BCUT2D eigenvalue weighted by atomic mass is 10.2. The molecule has 104 valence electrons. The van der Waals surface area contributed by atoms with Crippen molar-refractivity contribution in [1.29, 1.82) is 0 Å². The maximum Gasteiger partial charge on any atom is 0.262 e. The fourth-order valence-corrected chi connectivity index (χ4v) is 1.69. The van der Waals surface area contributed by atoms with Crippen molar-refractivity contribution in [2.75, 3.05) is 17.7 Å². The van der Waals surface area contributed by atoms with Crippen molar-refractivity contribution in [3.05, 3.63) is 53.3 Å². The number of anilines is 2. The first-order valence-corrected chi connectivity index (χ1v) is 6.15. The van der Waals surface area contributed by atoms with Crippen LogP contribution in [-0.4, -0.2) is 12.5 Å². The molecule has 2 aromatic rings. The summed E-state index contributed by atoms with van der Waals surface area (Å²) in [6, 6.07) is 10.2. The number of amides is 1. The zero-order chi connectivity index (χ0) is 14.5. The summed E-state index contributed by atoms with van der Waals surface area (Å²) in [5, 5.41) is 3.09. The summed E-state index contributed by atoms with van der Waals surface area (Å²) in [4.78, 5) is 11.7. The smallest absolute Gasteiger partial charge is 0.262 e. The highest BCUT2D eigenvalue weighted by molar-refractivity contribution is 6.31. The molecule has 0 fully saturated rings. The average molecular weight is 295 g/mol. The molecule has 20 heavy (non-hydrogen) atoms. The first-order chi connectivity index (χ1) is 9.54. The zero-order valence-electron chi connectivity index (χ0n) is 10.4. The van der Waals surface area contributed by atoms with Gasteiger partial charge in [0.2, 0.25) is 0 Å². The normalized spacial score (nSPS) is 10.1. The molecule has 6 heteroatoms. The van der Waals surface area contributed by atoms with E-state index in [0.29, 0.717) is 22.1 Å². The van der Waals surface area contributed by atoms with Crippen molar-refractivity contribution < 1.29 is 13.9 Å². The first kappa shape index (κ1) is 14.1. The number of nitrogen functional groups attached to an aromatic ring is 1.